The Balaban J connectivity index is 1.54. The minimum absolute atomic E-state index is 0.129. The number of para-hydroxylation sites is 2. The van der Waals surface area contributed by atoms with Crippen molar-refractivity contribution >= 4 is 35.1 Å². The second-order valence-corrected chi connectivity index (χ2v) is 9.19. The maximum atomic E-state index is 12.4. The van der Waals surface area contributed by atoms with Gasteiger partial charge in [-0.25, -0.2) is 9.78 Å². The second kappa shape index (κ2) is 10.0. The number of fused-ring (bicyclic) bond motifs is 1. The van der Waals surface area contributed by atoms with Crippen LogP contribution < -0.4 is 10.6 Å². The topological polar surface area (TPSA) is 94.5 Å². The van der Waals surface area contributed by atoms with Gasteiger partial charge in [0.1, 0.15) is 5.60 Å². The number of carbonyl (C=O) groups excluding carboxylic acids is 2. The highest BCUT2D eigenvalue weighted by molar-refractivity contribution is 8.00. The van der Waals surface area contributed by atoms with E-state index < -0.39 is 11.7 Å². The van der Waals surface area contributed by atoms with Gasteiger partial charge < -0.3 is 19.4 Å². The average molecular weight is 445 g/mol. The predicted molar refractivity (Wildman–Crippen MR) is 121 cm³/mol. The third-order valence-electron chi connectivity index (χ3n) is 4.16. The number of benzene rings is 1. The van der Waals surface area contributed by atoms with Crippen molar-refractivity contribution in [3.05, 3.63) is 48.3 Å². The van der Waals surface area contributed by atoms with Gasteiger partial charge in [0.15, 0.2) is 5.16 Å². The molecule has 166 valence electrons. The van der Waals surface area contributed by atoms with E-state index in [0.29, 0.717) is 24.6 Å². The SMILES string of the molecule is CCOCc1cn2c(n1)SC(/C=C/C(=O)Nc1ccccc1NC(=O)OC(C)(C)C)C2. The molecular weight excluding hydrogens is 416 g/mol. The van der Waals surface area contributed by atoms with E-state index in [9.17, 15) is 9.59 Å². The zero-order valence-electron chi connectivity index (χ0n) is 18.2. The van der Waals surface area contributed by atoms with Crippen LogP contribution in [0.15, 0.2) is 47.8 Å². The smallest absolute Gasteiger partial charge is 0.412 e. The van der Waals surface area contributed by atoms with Gasteiger partial charge in [0.05, 0.1) is 23.7 Å². The van der Waals surface area contributed by atoms with Crippen LogP contribution in [0.4, 0.5) is 16.2 Å². The fourth-order valence-electron chi connectivity index (χ4n) is 2.90. The standard InChI is InChI=1S/C22H28N4O4S/c1-5-29-14-15-12-26-13-16(31-20(26)23-15)10-11-19(27)24-17-8-6-7-9-18(17)25-21(28)30-22(2,3)4/h6-12,16H,5,13-14H2,1-4H3,(H,24,27)(H,25,28)/b11-10+. The first-order chi connectivity index (χ1) is 14.7. The summed E-state index contributed by atoms with van der Waals surface area (Å²) in [6.45, 7) is 9.24. The van der Waals surface area contributed by atoms with E-state index in [1.54, 1.807) is 56.8 Å². The zero-order chi connectivity index (χ0) is 22.4. The second-order valence-electron chi connectivity index (χ2n) is 7.98. The molecule has 0 aliphatic carbocycles. The summed E-state index contributed by atoms with van der Waals surface area (Å²) in [7, 11) is 0. The van der Waals surface area contributed by atoms with Crippen LogP contribution in [-0.4, -0.2) is 39.0 Å². The lowest BCUT2D eigenvalue weighted by Gasteiger charge is -2.20. The van der Waals surface area contributed by atoms with Crippen molar-refractivity contribution in [1.82, 2.24) is 9.55 Å². The first-order valence-electron chi connectivity index (χ1n) is 10.1. The highest BCUT2D eigenvalue weighted by Crippen LogP contribution is 2.32. The molecule has 1 unspecified atom stereocenters. The van der Waals surface area contributed by atoms with E-state index >= 15 is 0 Å². The number of aromatic nitrogens is 2. The molecule has 1 aromatic carbocycles. The molecule has 2 heterocycles. The number of hydrogen-bond acceptors (Lipinski definition) is 6. The quantitative estimate of drug-likeness (QED) is 0.614. The molecular formula is C22H28N4O4S. The fourth-order valence-corrected chi connectivity index (χ4v) is 4.00. The van der Waals surface area contributed by atoms with Crippen LogP contribution in [0.1, 0.15) is 33.4 Å². The maximum absolute atomic E-state index is 12.4. The zero-order valence-corrected chi connectivity index (χ0v) is 19.0. The third-order valence-corrected chi connectivity index (χ3v) is 5.31. The van der Waals surface area contributed by atoms with Gasteiger partial charge in [0.2, 0.25) is 5.91 Å². The summed E-state index contributed by atoms with van der Waals surface area (Å²) in [6.07, 6.45) is 4.78. The summed E-state index contributed by atoms with van der Waals surface area (Å²) in [5.41, 5.74) is 1.27. The summed E-state index contributed by atoms with van der Waals surface area (Å²) >= 11 is 1.61. The van der Waals surface area contributed by atoms with Crippen molar-refractivity contribution in [1.29, 1.82) is 0 Å². The van der Waals surface area contributed by atoms with E-state index in [2.05, 4.69) is 20.2 Å². The van der Waals surface area contributed by atoms with Crippen LogP contribution >= 0.6 is 11.8 Å². The number of rotatable bonds is 7. The van der Waals surface area contributed by atoms with E-state index in [1.165, 1.54) is 6.08 Å². The fraction of sp³-hybridized carbons (Fsp3) is 0.409. The molecule has 9 heteroatoms. The minimum atomic E-state index is -0.610. The first-order valence-corrected chi connectivity index (χ1v) is 11.0. The van der Waals surface area contributed by atoms with Crippen LogP contribution in [0, 0.1) is 0 Å². The molecule has 2 aromatic rings. The molecule has 3 rings (SSSR count). The molecule has 1 aliphatic rings. The van der Waals surface area contributed by atoms with E-state index in [0.717, 1.165) is 17.4 Å². The Morgan fingerprint density at radius 3 is 2.61 bits per heavy atom. The van der Waals surface area contributed by atoms with Gasteiger partial charge in [-0.05, 0) is 39.8 Å². The average Bonchev–Trinajstić information content (AvgIpc) is 3.23. The molecule has 8 nitrogen and oxygen atoms in total. The summed E-state index contributed by atoms with van der Waals surface area (Å²) in [5, 5.41) is 6.53. The molecule has 2 amide bonds. The highest BCUT2D eigenvalue weighted by Gasteiger charge is 2.23. The summed E-state index contributed by atoms with van der Waals surface area (Å²) in [5.74, 6) is -0.277. The van der Waals surface area contributed by atoms with Crippen LogP contribution in [0.5, 0.6) is 0 Å². The Bertz CT molecular complexity index is 941. The largest absolute Gasteiger partial charge is 0.444 e. The van der Waals surface area contributed by atoms with E-state index in [1.807, 2.05) is 19.2 Å². The van der Waals surface area contributed by atoms with Crippen molar-refractivity contribution < 1.29 is 19.1 Å². The highest BCUT2D eigenvalue weighted by atomic mass is 32.2. The minimum Gasteiger partial charge on any atom is -0.444 e. The molecule has 0 saturated heterocycles. The van der Waals surface area contributed by atoms with Gasteiger partial charge in [-0.1, -0.05) is 30.0 Å². The van der Waals surface area contributed by atoms with E-state index in [-0.39, 0.29) is 11.2 Å². The maximum Gasteiger partial charge on any atom is 0.412 e. The van der Waals surface area contributed by atoms with Gasteiger partial charge in [0, 0.05) is 30.7 Å². The molecule has 0 radical (unpaired) electrons. The molecule has 31 heavy (non-hydrogen) atoms. The molecule has 2 N–H and O–H groups in total. The van der Waals surface area contributed by atoms with Gasteiger partial charge >= 0.3 is 6.09 Å². The Labute approximate surface area is 186 Å². The number of anilines is 2. The third kappa shape index (κ3) is 6.86. The first kappa shape index (κ1) is 22.9. The Morgan fingerprint density at radius 1 is 1.26 bits per heavy atom. The number of amides is 2. The number of carbonyl (C=O) groups is 2. The number of thioether (sulfide) groups is 1. The lowest BCUT2D eigenvalue weighted by Crippen LogP contribution is -2.27. The van der Waals surface area contributed by atoms with Crippen molar-refractivity contribution in [2.24, 2.45) is 0 Å². The molecule has 0 bridgehead atoms. The van der Waals surface area contributed by atoms with Crippen LogP contribution in [0.3, 0.4) is 0 Å². The monoisotopic (exact) mass is 444 g/mol. The van der Waals surface area contributed by atoms with Crippen molar-refractivity contribution in [2.45, 2.75) is 56.9 Å². The number of hydrogen-bond donors (Lipinski definition) is 2. The number of imidazole rings is 1. The molecule has 1 aliphatic heterocycles. The van der Waals surface area contributed by atoms with Crippen molar-refractivity contribution in [3.8, 4) is 0 Å². The van der Waals surface area contributed by atoms with Gasteiger partial charge in [-0.3, -0.25) is 10.1 Å². The van der Waals surface area contributed by atoms with Gasteiger partial charge in [-0.15, -0.1) is 0 Å². The van der Waals surface area contributed by atoms with Crippen LogP contribution in [-0.2, 0) is 27.4 Å². The molecule has 0 spiro atoms. The summed E-state index contributed by atoms with van der Waals surface area (Å²) < 4.78 is 12.7. The van der Waals surface area contributed by atoms with Crippen LogP contribution in [0.25, 0.3) is 0 Å². The van der Waals surface area contributed by atoms with E-state index in [4.69, 9.17) is 9.47 Å². The van der Waals surface area contributed by atoms with Crippen molar-refractivity contribution in [2.75, 3.05) is 17.2 Å². The van der Waals surface area contributed by atoms with Crippen LogP contribution in [0.2, 0.25) is 0 Å². The Kier molecular flexibility index (Phi) is 7.40. The lowest BCUT2D eigenvalue weighted by atomic mass is 10.2. The van der Waals surface area contributed by atoms with Crippen molar-refractivity contribution in [3.63, 3.8) is 0 Å². The normalized spacial score (nSPS) is 15.7. The summed E-state index contributed by atoms with van der Waals surface area (Å²) in [4.78, 5) is 29.0. The Morgan fingerprint density at radius 2 is 1.97 bits per heavy atom. The van der Waals surface area contributed by atoms with Gasteiger partial charge in [-0.2, -0.15) is 0 Å². The predicted octanol–water partition coefficient (Wildman–Crippen LogP) is 4.44. The molecule has 0 fully saturated rings. The molecule has 1 aromatic heterocycles. The number of nitrogens with zero attached hydrogens (tertiary/aromatic N) is 2. The lowest BCUT2D eigenvalue weighted by molar-refractivity contribution is -0.111. The summed E-state index contributed by atoms with van der Waals surface area (Å²) in [6, 6.07) is 6.98. The van der Waals surface area contributed by atoms with Gasteiger partial charge in [0.25, 0.3) is 0 Å². The molecule has 1 atom stereocenters. The molecule has 0 saturated carbocycles. The number of ether oxygens (including phenoxy) is 2. The number of nitrogens with one attached hydrogen (secondary N) is 2. The Hall–Kier alpha value is -2.78.